The van der Waals surface area contributed by atoms with Crippen LogP contribution in [0.2, 0.25) is 0 Å². The average Bonchev–Trinajstić information content (AvgIpc) is 3.65. The Morgan fingerprint density at radius 1 is 0.758 bits per heavy atom. The summed E-state index contributed by atoms with van der Waals surface area (Å²) in [6.07, 6.45) is 3.96. The van der Waals surface area contributed by atoms with Gasteiger partial charge < -0.3 is 14.8 Å². The lowest BCUT2D eigenvalue weighted by Crippen LogP contribution is -2.45. The van der Waals surface area contributed by atoms with E-state index in [0.29, 0.717) is 6.04 Å². The predicted octanol–water partition coefficient (Wildman–Crippen LogP) is 6.86. The molecule has 1 aliphatic heterocycles. The fourth-order valence-corrected chi connectivity index (χ4v) is 4.29. The van der Waals surface area contributed by atoms with Crippen LogP contribution in [0, 0.1) is 5.92 Å². The van der Waals surface area contributed by atoms with Crippen molar-refractivity contribution in [3.8, 4) is 23.0 Å². The fraction of sp³-hybridized carbons (Fsp3) is 0.333. The fourth-order valence-electron chi connectivity index (χ4n) is 4.29. The van der Waals surface area contributed by atoms with Crippen LogP contribution in [0.4, 0.5) is 0 Å². The Kier molecular flexibility index (Phi) is 9.45. The topological polar surface area (TPSA) is 33.7 Å². The number of piperazine rings is 1. The molecular formula is C27H32Cl2N2O2. The van der Waals surface area contributed by atoms with Gasteiger partial charge in [-0.05, 0) is 54.3 Å². The van der Waals surface area contributed by atoms with E-state index in [0.717, 1.165) is 55.1 Å². The highest BCUT2D eigenvalue weighted by Gasteiger charge is 2.31. The van der Waals surface area contributed by atoms with Crippen LogP contribution in [0.5, 0.6) is 23.0 Å². The Labute approximate surface area is 209 Å². The minimum Gasteiger partial charge on any atom is -0.453 e. The first-order valence-corrected chi connectivity index (χ1v) is 11.4. The Morgan fingerprint density at radius 2 is 1.33 bits per heavy atom. The highest BCUT2D eigenvalue weighted by molar-refractivity contribution is 5.85. The SMILES string of the molecule is Cl.Cl.c1ccc(Oc2ccc([C@H](CC3CC3)N3CCNCC3)cc2Oc2ccccc2)cc1. The molecule has 0 aromatic heterocycles. The molecule has 1 saturated heterocycles. The van der Waals surface area contributed by atoms with Crippen molar-refractivity contribution in [2.45, 2.75) is 25.3 Å². The lowest BCUT2D eigenvalue weighted by atomic mass is 9.98. The number of halogens is 2. The first-order valence-electron chi connectivity index (χ1n) is 11.4. The van der Waals surface area contributed by atoms with Gasteiger partial charge in [0.2, 0.25) is 0 Å². The van der Waals surface area contributed by atoms with Crippen molar-refractivity contribution in [3.63, 3.8) is 0 Å². The number of para-hydroxylation sites is 2. The summed E-state index contributed by atoms with van der Waals surface area (Å²) in [6, 6.07) is 26.8. The van der Waals surface area contributed by atoms with E-state index < -0.39 is 0 Å². The van der Waals surface area contributed by atoms with Gasteiger partial charge in [0.15, 0.2) is 11.5 Å². The molecule has 6 heteroatoms. The summed E-state index contributed by atoms with van der Waals surface area (Å²) in [4.78, 5) is 2.63. The van der Waals surface area contributed by atoms with Gasteiger partial charge in [0.25, 0.3) is 0 Å². The first kappa shape index (κ1) is 25.4. The monoisotopic (exact) mass is 486 g/mol. The quantitative estimate of drug-likeness (QED) is 0.376. The molecule has 1 saturated carbocycles. The lowest BCUT2D eigenvalue weighted by molar-refractivity contribution is 0.160. The summed E-state index contributed by atoms with van der Waals surface area (Å²) < 4.78 is 12.5. The lowest BCUT2D eigenvalue weighted by Gasteiger charge is -2.35. The van der Waals surface area contributed by atoms with E-state index in [1.807, 2.05) is 60.7 Å². The molecule has 0 amide bonds. The van der Waals surface area contributed by atoms with Crippen molar-refractivity contribution in [2.75, 3.05) is 26.2 Å². The van der Waals surface area contributed by atoms with Gasteiger partial charge in [0.1, 0.15) is 11.5 Å². The molecule has 0 unspecified atom stereocenters. The Balaban J connectivity index is 0.00000153. The van der Waals surface area contributed by atoms with Crippen LogP contribution in [0.3, 0.4) is 0 Å². The Hall–Kier alpha value is -2.24. The molecule has 4 nitrogen and oxygen atoms in total. The maximum Gasteiger partial charge on any atom is 0.170 e. The van der Waals surface area contributed by atoms with Gasteiger partial charge in [-0.2, -0.15) is 0 Å². The van der Waals surface area contributed by atoms with Gasteiger partial charge in [-0.15, -0.1) is 24.8 Å². The van der Waals surface area contributed by atoms with E-state index in [1.165, 1.54) is 24.8 Å². The highest BCUT2D eigenvalue weighted by Crippen LogP contribution is 2.43. The third kappa shape index (κ3) is 6.87. The largest absolute Gasteiger partial charge is 0.453 e. The van der Waals surface area contributed by atoms with Gasteiger partial charge in [0, 0.05) is 32.2 Å². The van der Waals surface area contributed by atoms with Gasteiger partial charge in [-0.1, -0.05) is 55.3 Å². The third-order valence-corrected chi connectivity index (χ3v) is 6.14. The summed E-state index contributed by atoms with van der Waals surface area (Å²) in [6.45, 7) is 4.30. The molecule has 1 heterocycles. The number of hydrogen-bond acceptors (Lipinski definition) is 4. The number of hydrogen-bond donors (Lipinski definition) is 1. The molecule has 1 aliphatic carbocycles. The van der Waals surface area contributed by atoms with E-state index in [1.54, 1.807) is 0 Å². The van der Waals surface area contributed by atoms with E-state index in [4.69, 9.17) is 9.47 Å². The average molecular weight is 487 g/mol. The van der Waals surface area contributed by atoms with Crippen LogP contribution in [-0.4, -0.2) is 31.1 Å². The summed E-state index contributed by atoms with van der Waals surface area (Å²) in [5, 5.41) is 3.48. The van der Waals surface area contributed by atoms with E-state index in [-0.39, 0.29) is 24.8 Å². The van der Waals surface area contributed by atoms with E-state index >= 15 is 0 Å². The van der Waals surface area contributed by atoms with Gasteiger partial charge in [0.05, 0.1) is 0 Å². The number of rotatable bonds is 8. The van der Waals surface area contributed by atoms with Crippen LogP contribution in [-0.2, 0) is 0 Å². The molecule has 3 aromatic carbocycles. The molecule has 5 rings (SSSR count). The summed E-state index contributed by atoms with van der Waals surface area (Å²) in [5.41, 5.74) is 1.32. The van der Waals surface area contributed by atoms with Gasteiger partial charge in [-0.25, -0.2) is 0 Å². The standard InChI is InChI=1S/C27H30N2O2.2ClH/c1-3-7-23(8-4-1)30-26-14-13-22(20-27(26)31-24-9-5-2-6-10-24)25(19-21-11-12-21)29-17-15-28-16-18-29;;/h1-10,13-14,20-21,25,28H,11-12,15-19H2;2*1H/t25-;;/m0../s1. The van der Waals surface area contributed by atoms with Gasteiger partial charge in [-0.3, -0.25) is 4.90 Å². The zero-order chi connectivity index (χ0) is 20.9. The minimum absolute atomic E-state index is 0. The molecule has 33 heavy (non-hydrogen) atoms. The van der Waals surface area contributed by atoms with Crippen molar-refractivity contribution >= 4 is 24.8 Å². The highest BCUT2D eigenvalue weighted by atomic mass is 35.5. The Bertz CT molecular complexity index is 978. The van der Waals surface area contributed by atoms with Crippen LogP contribution in [0.1, 0.15) is 30.9 Å². The van der Waals surface area contributed by atoms with Crippen molar-refractivity contribution in [2.24, 2.45) is 5.92 Å². The van der Waals surface area contributed by atoms with Gasteiger partial charge >= 0.3 is 0 Å². The van der Waals surface area contributed by atoms with Crippen molar-refractivity contribution in [1.82, 2.24) is 10.2 Å². The third-order valence-electron chi connectivity index (χ3n) is 6.14. The maximum atomic E-state index is 6.32. The molecule has 0 spiro atoms. The normalized spacial score (nSPS) is 16.7. The number of nitrogens with one attached hydrogen (secondary N) is 1. The summed E-state index contributed by atoms with van der Waals surface area (Å²) in [5.74, 6) is 4.00. The van der Waals surface area contributed by atoms with E-state index in [9.17, 15) is 0 Å². The second-order valence-electron chi connectivity index (χ2n) is 8.52. The summed E-state index contributed by atoms with van der Waals surface area (Å²) in [7, 11) is 0. The molecule has 2 fully saturated rings. The minimum atomic E-state index is 0. The predicted molar refractivity (Wildman–Crippen MR) is 138 cm³/mol. The zero-order valence-corrected chi connectivity index (χ0v) is 20.3. The molecule has 1 atom stereocenters. The van der Waals surface area contributed by atoms with Crippen LogP contribution < -0.4 is 14.8 Å². The van der Waals surface area contributed by atoms with E-state index in [2.05, 4.69) is 28.4 Å². The number of benzene rings is 3. The molecule has 0 bridgehead atoms. The van der Waals surface area contributed by atoms with Crippen LogP contribution >= 0.6 is 24.8 Å². The molecule has 1 N–H and O–H groups in total. The molecule has 3 aromatic rings. The number of ether oxygens (including phenoxy) is 2. The van der Waals surface area contributed by atoms with Crippen molar-refractivity contribution in [1.29, 1.82) is 0 Å². The molecular weight excluding hydrogens is 455 g/mol. The van der Waals surface area contributed by atoms with Crippen LogP contribution in [0.25, 0.3) is 0 Å². The maximum absolute atomic E-state index is 6.32. The van der Waals surface area contributed by atoms with Crippen LogP contribution in [0.15, 0.2) is 78.9 Å². The number of nitrogens with zero attached hydrogens (tertiary/aromatic N) is 1. The summed E-state index contributed by atoms with van der Waals surface area (Å²) >= 11 is 0. The molecule has 2 aliphatic rings. The second kappa shape index (κ2) is 12.3. The van der Waals surface area contributed by atoms with Crippen molar-refractivity contribution < 1.29 is 9.47 Å². The van der Waals surface area contributed by atoms with Crippen molar-refractivity contribution in [3.05, 3.63) is 84.4 Å². The first-order chi connectivity index (χ1) is 15.3. The Morgan fingerprint density at radius 3 is 1.91 bits per heavy atom. The zero-order valence-electron chi connectivity index (χ0n) is 18.7. The molecule has 176 valence electrons. The smallest absolute Gasteiger partial charge is 0.170 e. The second-order valence-corrected chi connectivity index (χ2v) is 8.52. The molecule has 0 radical (unpaired) electrons.